The third-order valence-corrected chi connectivity index (χ3v) is 6.71. The number of Topliss-reactive ketones (excluding diaryl/α,β-unsaturated/α-hetero) is 1. The SMILES string of the molecule is CCCCCCCC(=O)N[C@@]12C(=O)c3c(N)cccc3C1(O)Oc1cc(C(C)C)ccc12. The van der Waals surface area contributed by atoms with Crippen molar-refractivity contribution in [3.05, 3.63) is 58.7 Å². The summed E-state index contributed by atoms with van der Waals surface area (Å²) >= 11 is 0. The molecule has 0 saturated carbocycles. The second-order valence-electron chi connectivity index (χ2n) is 9.22. The van der Waals surface area contributed by atoms with Crippen molar-refractivity contribution in [3.63, 3.8) is 0 Å². The van der Waals surface area contributed by atoms with Gasteiger partial charge in [0.2, 0.25) is 17.2 Å². The topological polar surface area (TPSA) is 102 Å². The van der Waals surface area contributed by atoms with Crippen molar-refractivity contribution in [2.45, 2.75) is 76.5 Å². The predicted octanol–water partition coefficient (Wildman–Crippen LogP) is 4.50. The van der Waals surface area contributed by atoms with Crippen molar-refractivity contribution in [1.29, 1.82) is 0 Å². The minimum atomic E-state index is -2.05. The Morgan fingerprint density at radius 3 is 2.59 bits per heavy atom. The van der Waals surface area contributed by atoms with Crippen LogP contribution in [0, 0.1) is 0 Å². The highest BCUT2D eigenvalue weighted by Crippen LogP contribution is 2.59. The first-order valence-electron chi connectivity index (χ1n) is 11.6. The minimum absolute atomic E-state index is 0.205. The average Bonchev–Trinajstić information content (AvgIpc) is 3.11. The van der Waals surface area contributed by atoms with Gasteiger partial charge in [-0.15, -0.1) is 0 Å². The fourth-order valence-corrected chi connectivity index (χ4v) is 4.91. The molecular weight excluding hydrogens is 404 g/mol. The molecule has 2 aromatic carbocycles. The molecule has 2 aromatic rings. The van der Waals surface area contributed by atoms with Crippen LogP contribution in [0.2, 0.25) is 0 Å². The molecule has 2 aliphatic rings. The molecule has 6 nitrogen and oxygen atoms in total. The molecule has 1 aliphatic carbocycles. The van der Waals surface area contributed by atoms with Crippen LogP contribution in [0.5, 0.6) is 5.75 Å². The van der Waals surface area contributed by atoms with Gasteiger partial charge in [0.05, 0.1) is 5.56 Å². The van der Waals surface area contributed by atoms with Crippen LogP contribution in [-0.2, 0) is 16.1 Å². The van der Waals surface area contributed by atoms with E-state index in [0.717, 1.165) is 37.7 Å². The first-order valence-corrected chi connectivity index (χ1v) is 11.6. The van der Waals surface area contributed by atoms with Crippen LogP contribution >= 0.6 is 0 Å². The molecule has 4 N–H and O–H groups in total. The second kappa shape index (κ2) is 8.24. The van der Waals surface area contributed by atoms with Crippen molar-refractivity contribution >= 4 is 17.4 Å². The van der Waals surface area contributed by atoms with E-state index in [1.165, 1.54) is 0 Å². The van der Waals surface area contributed by atoms with Gasteiger partial charge in [0.15, 0.2) is 0 Å². The number of anilines is 1. The monoisotopic (exact) mass is 436 g/mol. The third-order valence-electron chi connectivity index (χ3n) is 6.71. The molecule has 0 fully saturated rings. The number of nitrogens with two attached hydrogens (primary N) is 1. The van der Waals surface area contributed by atoms with Crippen LogP contribution in [0.3, 0.4) is 0 Å². The Bertz CT molecular complexity index is 1060. The summed E-state index contributed by atoms with van der Waals surface area (Å²) in [6.45, 7) is 6.26. The summed E-state index contributed by atoms with van der Waals surface area (Å²) in [5.41, 5.74) is 6.60. The van der Waals surface area contributed by atoms with Gasteiger partial charge in [0.1, 0.15) is 5.75 Å². The number of nitrogens with one attached hydrogen (secondary N) is 1. The van der Waals surface area contributed by atoms with Crippen LogP contribution in [0.4, 0.5) is 5.69 Å². The number of fused-ring (bicyclic) bond motifs is 5. The Balaban J connectivity index is 1.75. The number of ketones is 1. The number of carbonyl (C=O) groups is 2. The lowest BCUT2D eigenvalue weighted by molar-refractivity contribution is -0.175. The number of aliphatic hydroxyl groups is 1. The van der Waals surface area contributed by atoms with E-state index in [-0.39, 0.29) is 35.1 Å². The number of unbranched alkanes of at least 4 members (excludes halogenated alkanes) is 4. The van der Waals surface area contributed by atoms with E-state index < -0.39 is 17.1 Å². The maximum Gasteiger partial charge on any atom is 0.271 e. The average molecular weight is 437 g/mol. The maximum atomic E-state index is 13.8. The fraction of sp³-hybridized carbons (Fsp3) is 0.462. The fourth-order valence-electron chi connectivity index (χ4n) is 4.91. The standard InChI is InChI=1S/C26H32N2O4/c1-4-5-6-7-8-12-22(29)28-25-18-14-13-17(16(2)3)15-21(18)32-26(25,31)19-10-9-11-20(27)23(19)24(25)30/h9-11,13-16,31H,4-8,12,27H2,1-3H3,(H,28,29)/t25-,26?/m0/s1. The highest BCUT2D eigenvalue weighted by molar-refractivity contribution is 6.15. The summed E-state index contributed by atoms with van der Waals surface area (Å²) in [5, 5.41) is 14.8. The van der Waals surface area contributed by atoms with Gasteiger partial charge in [0, 0.05) is 23.2 Å². The summed E-state index contributed by atoms with van der Waals surface area (Å²) < 4.78 is 6.09. The molecule has 0 saturated heterocycles. The number of carbonyl (C=O) groups excluding carboxylic acids is 2. The minimum Gasteiger partial charge on any atom is -0.454 e. The molecule has 1 amide bonds. The third kappa shape index (κ3) is 3.20. The van der Waals surface area contributed by atoms with Gasteiger partial charge in [-0.25, -0.2) is 0 Å². The van der Waals surface area contributed by atoms with Gasteiger partial charge in [-0.05, 0) is 30.0 Å². The number of hydrogen-bond acceptors (Lipinski definition) is 5. The van der Waals surface area contributed by atoms with Gasteiger partial charge >= 0.3 is 0 Å². The van der Waals surface area contributed by atoms with Crippen LogP contribution in [-0.4, -0.2) is 16.8 Å². The lowest BCUT2D eigenvalue weighted by Crippen LogP contribution is -2.60. The Morgan fingerprint density at radius 1 is 1.12 bits per heavy atom. The summed E-state index contributed by atoms with van der Waals surface area (Å²) in [6, 6.07) is 10.5. The zero-order valence-electron chi connectivity index (χ0n) is 19.0. The van der Waals surface area contributed by atoms with Gasteiger partial charge in [-0.3, -0.25) is 9.59 Å². The Kier molecular flexibility index (Phi) is 5.76. The summed E-state index contributed by atoms with van der Waals surface area (Å²) in [4.78, 5) is 26.8. The van der Waals surface area contributed by atoms with E-state index in [1.54, 1.807) is 24.3 Å². The first-order chi connectivity index (χ1) is 15.3. The van der Waals surface area contributed by atoms with E-state index >= 15 is 0 Å². The Hall–Kier alpha value is -2.86. The molecular formula is C26H32N2O4. The van der Waals surface area contributed by atoms with Gasteiger partial charge < -0.3 is 20.9 Å². The molecule has 32 heavy (non-hydrogen) atoms. The number of amides is 1. The van der Waals surface area contributed by atoms with Crippen LogP contribution in [0.15, 0.2) is 36.4 Å². The zero-order chi connectivity index (χ0) is 23.1. The van der Waals surface area contributed by atoms with Crippen molar-refractivity contribution in [1.82, 2.24) is 5.32 Å². The smallest absolute Gasteiger partial charge is 0.271 e. The highest BCUT2D eigenvalue weighted by atomic mass is 16.6. The van der Waals surface area contributed by atoms with Crippen molar-refractivity contribution < 1.29 is 19.4 Å². The molecule has 0 bridgehead atoms. The number of ether oxygens (including phenoxy) is 1. The van der Waals surface area contributed by atoms with E-state index in [9.17, 15) is 14.7 Å². The molecule has 0 spiro atoms. The van der Waals surface area contributed by atoms with E-state index in [1.807, 2.05) is 12.1 Å². The Morgan fingerprint density at radius 2 is 1.88 bits per heavy atom. The number of rotatable bonds is 8. The van der Waals surface area contributed by atoms with Crippen molar-refractivity contribution in [3.8, 4) is 5.75 Å². The molecule has 2 atom stereocenters. The Labute approximate surface area is 189 Å². The molecule has 1 heterocycles. The quantitative estimate of drug-likeness (QED) is 0.418. The lowest BCUT2D eigenvalue weighted by Gasteiger charge is -2.34. The molecule has 0 radical (unpaired) electrons. The van der Waals surface area contributed by atoms with Gasteiger partial charge in [0.25, 0.3) is 5.79 Å². The van der Waals surface area contributed by atoms with Crippen LogP contribution in [0.1, 0.15) is 92.3 Å². The second-order valence-corrected chi connectivity index (χ2v) is 9.22. The summed E-state index contributed by atoms with van der Waals surface area (Å²) in [5.74, 6) is -2.13. The summed E-state index contributed by atoms with van der Waals surface area (Å²) in [7, 11) is 0. The number of hydrogen-bond donors (Lipinski definition) is 3. The highest BCUT2D eigenvalue weighted by Gasteiger charge is 2.72. The van der Waals surface area contributed by atoms with Crippen LogP contribution in [0.25, 0.3) is 0 Å². The molecule has 4 rings (SSSR count). The van der Waals surface area contributed by atoms with E-state index in [0.29, 0.717) is 11.3 Å². The zero-order valence-corrected chi connectivity index (χ0v) is 19.0. The normalized spacial score (nSPS) is 23.0. The summed E-state index contributed by atoms with van der Waals surface area (Å²) in [6.07, 6.45) is 5.29. The molecule has 1 aliphatic heterocycles. The largest absolute Gasteiger partial charge is 0.454 e. The number of nitrogen functional groups attached to an aromatic ring is 1. The first kappa shape index (κ1) is 22.3. The predicted molar refractivity (Wildman–Crippen MR) is 123 cm³/mol. The van der Waals surface area contributed by atoms with Crippen molar-refractivity contribution in [2.75, 3.05) is 5.73 Å². The van der Waals surface area contributed by atoms with Gasteiger partial charge in [-0.1, -0.05) is 70.7 Å². The molecule has 1 unspecified atom stereocenters. The van der Waals surface area contributed by atoms with Crippen LogP contribution < -0.4 is 15.8 Å². The van der Waals surface area contributed by atoms with Gasteiger partial charge in [-0.2, -0.15) is 0 Å². The lowest BCUT2D eigenvalue weighted by atomic mass is 9.82. The maximum absolute atomic E-state index is 13.8. The molecule has 0 aromatic heterocycles. The van der Waals surface area contributed by atoms with E-state index in [4.69, 9.17) is 10.5 Å². The number of benzene rings is 2. The molecule has 6 heteroatoms. The van der Waals surface area contributed by atoms with Crippen molar-refractivity contribution in [2.24, 2.45) is 0 Å². The van der Waals surface area contributed by atoms with E-state index in [2.05, 4.69) is 26.1 Å². The molecule has 170 valence electrons.